The highest BCUT2D eigenvalue weighted by atomic mass is 32.1. The average molecular weight is 263 g/mol. The van der Waals surface area contributed by atoms with Gasteiger partial charge in [-0.25, -0.2) is 9.97 Å². The van der Waals surface area contributed by atoms with Crippen molar-refractivity contribution in [3.05, 3.63) is 40.0 Å². The summed E-state index contributed by atoms with van der Waals surface area (Å²) < 4.78 is 0. The second-order valence-corrected chi connectivity index (χ2v) is 5.28. The van der Waals surface area contributed by atoms with E-state index in [0.29, 0.717) is 0 Å². The zero-order chi connectivity index (χ0) is 13.1. The number of aliphatic hydroxyl groups excluding tert-OH is 1. The number of pyridine rings is 1. The summed E-state index contributed by atoms with van der Waals surface area (Å²) in [6, 6.07) is 3.83. The Morgan fingerprint density at radius 2 is 2.17 bits per heavy atom. The molecule has 0 aliphatic carbocycles. The Kier molecular flexibility index (Phi) is 3.93. The Balaban J connectivity index is 2.09. The number of anilines is 1. The van der Waals surface area contributed by atoms with E-state index in [1.165, 1.54) is 4.88 Å². The number of hydrogen-bond acceptors (Lipinski definition) is 5. The molecule has 18 heavy (non-hydrogen) atoms. The minimum atomic E-state index is -0.472. The van der Waals surface area contributed by atoms with Gasteiger partial charge in [0.2, 0.25) is 0 Å². The summed E-state index contributed by atoms with van der Waals surface area (Å²) in [5, 5.41) is 9.44. The predicted molar refractivity (Wildman–Crippen MR) is 73.8 cm³/mol. The lowest BCUT2D eigenvalue weighted by Crippen LogP contribution is -2.17. The summed E-state index contributed by atoms with van der Waals surface area (Å²) in [6.07, 6.45) is 1.25. The molecule has 0 radical (unpaired) electrons. The number of thiazole rings is 1. The summed E-state index contributed by atoms with van der Waals surface area (Å²) in [6.45, 7) is 4.56. The minimum Gasteiger partial charge on any atom is -0.389 e. The first-order valence-corrected chi connectivity index (χ1v) is 6.70. The molecule has 0 spiro atoms. The molecule has 0 amide bonds. The molecule has 1 atom stereocenters. The molecule has 2 heterocycles. The fourth-order valence-electron chi connectivity index (χ4n) is 1.64. The van der Waals surface area contributed by atoms with Crippen LogP contribution in [0.25, 0.3) is 0 Å². The maximum Gasteiger partial charge on any atom is 0.128 e. The number of aliphatic hydroxyl groups is 1. The van der Waals surface area contributed by atoms with E-state index in [-0.39, 0.29) is 0 Å². The van der Waals surface area contributed by atoms with E-state index < -0.39 is 6.10 Å². The molecule has 0 fully saturated rings. The van der Waals surface area contributed by atoms with Gasteiger partial charge in [0.1, 0.15) is 5.82 Å². The molecule has 0 aliphatic rings. The standard InChI is InChI=1S/C13H17N3OS/c1-9-12(18-8-15-9)7-16(3)13-5-4-11(6-14-13)10(2)17/h4-6,8,10,17H,7H2,1-3H3/t10-/m1/s1. The highest BCUT2D eigenvalue weighted by Crippen LogP contribution is 2.19. The molecular formula is C13H17N3OS. The number of nitrogens with zero attached hydrogens (tertiary/aromatic N) is 3. The lowest BCUT2D eigenvalue weighted by atomic mass is 10.2. The molecule has 0 saturated heterocycles. The normalized spacial score (nSPS) is 12.4. The van der Waals surface area contributed by atoms with Crippen molar-refractivity contribution in [1.82, 2.24) is 9.97 Å². The van der Waals surface area contributed by atoms with E-state index in [0.717, 1.165) is 23.6 Å². The highest BCUT2D eigenvalue weighted by Gasteiger charge is 2.08. The Morgan fingerprint density at radius 1 is 1.39 bits per heavy atom. The zero-order valence-corrected chi connectivity index (χ0v) is 11.6. The van der Waals surface area contributed by atoms with Crippen LogP contribution in [0.3, 0.4) is 0 Å². The van der Waals surface area contributed by atoms with Crippen molar-refractivity contribution in [3.8, 4) is 0 Å². The van der Waals surface area contributed by atoms with Gasteiger partial charge in [-0.2, -0.15) is 0 Å². The van der Waals surface area contributed by atoms with Gasteiger partial charge in [-0.3, -0.25) is 0 Å². The van der Waals surface area contributed by atoms with Crippen molar-refractivity contribution in [2.45, 2.75) is 26.5 Å². The molecule has 4 nitrogen and oxygen atoms in total. The fraction of sp³-hybridized carbons (Fsp3) is 0.385. The van der Waals surface area contributed by atoms with Crippen molar-refractivity contribution < 1.29 is 5.11 Å². The quantitative estimate of drug-likeness (QED) is 0.921. The fourth-order valence-corrected chi connectivity index (χ4v) is 2.47. The van der Waals surface area contributed by atoms with E-state index in [1.807, 2.05) is 31.6 Å². The van der Waals surface area contributed by atoms with Crippen LogP contribution in [-0.2, 0) is 6.54 Å². The van der Waals surface area contributed by atoms with E-state index in [2.05, 4.69) is 14.9 Å². The van der Waals surface area contributed by atoms with Gasteiger partial charge >= 0.3 is 0 Å². The number of rotatable bonds is 4. The second-order valence-electron chi connectivity index (χ2n) is 4.34. The molecule has 2 aromatic rings. The molecule has 1 N–H and O–H groups in total. The molecule has 0 aromatic carbocycles. The van der Waals surface area contributed by atoms with Crippen molar-refractivity contribution >= 4 is 17.2 Å². The number of aromatic nitrogens is 2. The molecule has 5 heteroatoms. The summed E-state index contributed by atoms with van der Waals surface area (Å²) in [7, 11) is 2.00. The van der Waals surface area contributed by atoms with E-state index in [9.17, 15) is 5.11 Å². The molecule has 2 aromatic heterocycles. The molecule has 0 bridgehead atoms. The summed E-state index contributed by atoms with van der Waals surface area (Å²) in [5.74, 6) is 0.896. The van der Waals surface area contributed by atoms with E-state index >= 15 is 0 Å². The van der Waals surface area contributed by atoms with E-state index in [4.69, 9.17) is 0 Å². The molecule has 0 unspecified atom stereocenters. The summed E-state index contributed by atoms with van der Waals surface area (Å²) >= 11 is 1.66. The van der Waals surface area contributed by atoms with Gasteiger partial charge < -0.3 is 10.0 Å². The molecule has 2 rings (SSSR count). The summed E-state index contributed by atoms with van der Waals surface area (Å²) in [4.78, 5) is 11.9. The SMILES string of the molecule is Cc1ncsc1CN(C)c1ccc([C@@H](C)O)cn1. The third-order valence-electron chi connectivity index (χ3n) is 2.87. The number of hydrogen-bond donors (Lipinski definition) is 1. The van der Waals surface area contributed by atoms with Crippen LogP contribution in [-0.4, -0.2) is 22.1 Å². The predicted octanol–water partition coefficient (Wildman–Crippen LogP) is 2.54. The van der Waals surface area contributed by atoms with Crippen LogP contribution in [0.4, 0.5) is 5.82 Å². The van der Waals surface area contributed by atoms with Crippen LogP contribution >= 0.6 is 11.3 Å². The van der Waals surface area contributed by atoms with Crippen LogP contribution in [0.2, 0.25) is 0 Å². The Labute approximate surface area is 111 Å². The van der Waals surface area contributed by atoms with Gasteiger partial charge in [-0.05, 0) is 25.5 Å². The first-order chi connectivity index (χ1) is 8.58. The van der Waals surface area contributed by atoms with Crippen molar-refractivity contribution in [2.75, 3.05) is 11.9 Å². The van der Waals surface area contributed by atoms with Gasteiger partial charge in [0.15, 0.2) is 0 Å². The first kappa shape index (κ1) is 13.0. The zero-order valence-electron chi connectivity index (χ0n) is 10.8. The second kappa shape index (κ2) is 5.46. The molecule has 0 aliphatic heterocycles. The molecule has 96 valence electrons. The van der Waals surface area contributed by atoms with Gasteiger partial charge in [0.25, 0.3) is 0 Å². The number of aryl methyl sites for hydroxylation is 1. The highest BCUT2D eigenvalue weighted by molar-refractivity contribution is 7.09. The Bertz CT molecular complexity index is 507. The topological polar surface area (TPSA) is 49.2 Å². The first-order valence-electron chi connectivity index (χ1n) is 5.82. The van der Waals surface area contributed by atoms with Gasteiger partial charge in [0.05, 0.1) is 23.9 Å². The third kappa shape index (κ3) is 2.86. The monoisotopic (exact) mass is 263 g/mol. The average Bonchev–Trinajstić information content (AvgIpc) is 2.75. The van der Waals surface area contributed by atoms with E-state index in [1.54, 1.807) is 24.5 Å². The summed E-state index contributed by atoms with van der Waals surface area (Å²) in [5.41, 5.74) is 3.77. The van der Waals surface area contributed by atoms with Crippen molar-refractivity contribution in [1.29, 1.82) is 0 Å². The minimum absolute atomic E-state index is 0.472. The maximum atomic E-state index is 9.44. The van der Waals surface area contributed by atoms with Gasteiger partial charge in [-0.15, -0.1) is 11.3 Å². The van der Waals surface area contributed by atoms with Crippen LogP contribution < -0.4 is 4.90 Å². The Hall–Kier alpha value is -1.46. The van der Waals surface area contributed by atoms with Crippen molar-refractivity contribution in [2.24, 2.45) is 0 Å². The van der Waals surface area contributed by atoms with Crippen LogP contribution in [0, 0.1) is 6.92 Å². The van der Waals surface area contributed by atoms with Crippen LogP contribution in [0.1, 0.15) is 29.2 Å². The van der Waals surface area contributed by atoms with Crippen molar-refractivity contribution in [3.63, 3.8) is 0 Å². The van der Waals surface area contributed by atoms with Gasteiger partial charge in [0, 0.05) is 18.1 Å². The third-order valence-corrected chi connectivity index (χ3v) is 3.79. The lowest BCUT2D eigenvalue weighted by molar-refractivity contribution is 0.199. The maximum absolute atomic E-state index is 9.44. The molecule has 0 saturated carbocycles. The smallest absolute Gasteiger partial charge is 0.128 e. The van der Waals surface area contributed by atoms with Crippen LogP contribution in [0.5, 0.6) is 0 Å². The molecular weight excluding hydrogens is 246 g/mol. The Morgan fingerprint density at radius 3 is 2.67 bits per heavy atom. The largest absolute Gasteiger partial charge is 0.389 e. The van der Waals surface area contributed by atoms with Crippen LogP contribution in [0.15, 0.2) is 23.8 Å². The lowest BCUT2D eigenvalue weighted by Gasteiger charge is -2.18. The van der Waals surface area contributed by atoms with Gasteiger partial charge in [-0.1, -0.05) is 6.07 Å².